The summed E-state index contributed by atoms with van der Waals surface area (Å²) in [7, 11) is 0. The summed E-state index contributed by atoms with van der Waals surface area (Å²) in [5.41, 5.74) is -0.204. The molecule has 3 nitrogen and oxygen atoms in total. The number of nitrogens with zero attached hydrogens (tertiary/aromatic N) is 1. The van der Waals surface area contributed by atoms with Crippen LogP contribution in [0.1, 0.15) is 56.1 Å². The zero-order valence-electron chi connectivity index (χ0n) is 15.5. The second-order valence-electron chi connectivity index (χ2n) is 7.99. The molecule has 1 N–H and O–H groups in total. The number of aliphatic hydroxyl groups is 1. The fourth-order valence-electron chi connectivity index (χ4n) is 4.46. The standard InChI is InChI=1S/C21H28F3NO2/c22-21(23,24)19-6-2-1-5-16(19)8-7-15-4-3-13-25(14-15)20(27)17-9-11-18(26)12-10-17/h1-2,5-6,15,17-18,26H,3-4,7-14H2/t15-,17?,18?/m1/s1. The second-order valence-corrected chi connectivity index (χ2v) is 7.99. The first-order valence-corrected chi connectivity index (χ1v) is 9.96. The van der Waals surface area contributed by atoms with Gasteiger partial charge in [0.1, 0.15) is 0 Å². The molecule has 1 atom stereocenters. The first-order valence-electron chi connectivity index (χ1n) is 9.96. The number of benzene rings is 1. The van der Waals surface area contributed by atoms with Gasteiger partial charge in [0.25, 0.3) is 0 Å². The summed E-state index contributed by atoms with van der Waals surface area (Å²) in [6, 6.07) is 5.78. The number of rotatable bonds is 4. The van der Waals surface area contributed by atoms with E-state index in [9.17, 15) is 23.1 Å². The van der Waals surface area contributed by atoms with E-state index in [1.165, 1.54) is 6.07 Å². The highest BCUT2D eigenvalue weighted by molar-refractivity contribution is 5.79. The molecule has 0 radical (unpaired) electrons. The summed E-state index contributed by atoms with van der Waals surface area (Å²) >= 11 is 0. The summed E-state index contributed by atoms with van der Waals surface area (Å²) in [5.74, 6) is 0.415. The van der Waals surface area contributed by atoms with Crippen LogP contribution in [0.5, 0.6) is 0 Å². The number of carbonyl (C=O) groups excluding carboxylic acids is 1. The van der Waals surface area contributed by atoms with Crippen molar-refractivity contribution in [1.29, 1.82) is 0 Å². The molecule has 2 aliphatic rings. The Balaban J connectivity index is 1.56. The van der Waals surface area contributed by atoms with Crippen LogP contribution in [0, 0.1) is 11.8 Å². The van der Waals surface area contributed by atoms with Crippen molar-refractivity contribution in [2.24, 2.45) is 11.8 Å². The number of carbonyl (C=O) groups is 1. The fraction of sp³-hybridized carbons (Fsp3) is 0.667. The van der Waals surface area contributed by atoms with Crippen molar-refractivity contribution < 1.29 is 23.1 Å². The molecule has 0 bridgehead atoms. The molecule has 0 unspecified atom stereocenters. The van der Waals surface area contributed by atoms with Gasteiger partial charge >= 0.3 is 6.18 Å². The van der Waals surface area contributed by atoms with Crippen LogP contribution in [0.15, 0.2) is 24.3 Å². The Hall–Kier alpha value is -1.56. The van der Waals surface area contributed by atoms with Crippen molar-refractivity contribution >= 4 is 5.91 Å². The molecule has 1 aromatic rings. The molecule has 6 heteroatoms. The minimum absolute atomic E-state index is 0.00175. The van der Waals surface area contributed by atoms with Crippen LogP contribution in [-0.2, 0) is 17.4 Å². The third-order valence-electron chi connectivity index (χ3n) is 6.02. The van der Waals surface area contributed by atoms with Gasteiger partial charge < -0.3 is 10.0 Å². The second kappa shape index (κ2) is 8.63. The van der Waals surface area contributed by atoms with E-state index in [-0.39, 0.29) is 23.8 Å². The van der Waals surface area contributed by atoms with Gasteiger partial charge in [-0.25, -0.2) is 0 Å². The molecule has 1 aliphatic carbocycles. The van der Waals surface area contributed by atoms with Crippen LogP contribution < -0.4 is 0 Å². The molecular formula is C21H28F3NO2. The average molecular weight is 383 g/mol. The van der Waals surface area contributed by atoms with Gasteiger partial charge in [-0.1, -0.05) is 18.2 Å². The van der Waals surface area contributed by atoms with E-state index in [1.807, 2.05) is 4.90 Å². The number of aryl methyl sites for hydroxylation is 1. The minimum atomic E-state index is -4.32. The largest absolute Gasteiger partial charge is 0.416 e. The quantitative estimate of drug-likeness (QED) is 0.836. The molecule has 0 aromatic heterocycles. The lowest BCUT2D eigenvalue weighted by Crippen LogP contribution is -2.44. The molecular weight excluding hydrogens is 355 g/mol. The SMILES string of the molecule is O=C(C1CCC(O)CC1)N1CCC[C@H](CCc2ccccc2C(F)(F)F)C1. The molecule has 27 heavy (non-hydrogen) atoms. The van der Waals surface area contributed by atoms with E-state index in [2.05, 4.69) is 0 Å². The molecule has 1 saturated carbocycles. The molecule has 1 amide bonds. The normalized spacial score (nSPS) is 26.8. The van der Waals surface area contributed by atoms with Crippen molar-refractivity contribution in [2.75, 3.05) is 13.1 Å². The van der Waals surface area contributed by atoms with Crippen LogP contribution in [0.25, 0.3) is 0 Å². The molecule has 2 fully saturated rings. The number of amides is 1. The lowest BCUT2D eigenvalue weighted by molar-refractivity contribution is -0.139. The van der Waals surface area contributed by atoms with Crippen LogP contribution in [0.2, 0.25) is 0 Å². The predicted octanol–water partition coefficient (Wildman–Crippen LogP) is 4.43. The van der Waals surface area contributed by atoms with Crippen molar-refractivity contribution in [3.63, 3.8) is 0 Å². The topological polar surface area (TPSA) is 40.5 Å². The number of hydrogen-bond acceptors (Lipinski definition) is 2. The fourth-order valence-corrected chi connectivity index (χ4v) is 4.46. The van der Waals surface area contributed by atoms with Crippen LogP contribution in [0.3, 0.4) is 0 Å². The summed E-state index contributed by atoms with van der Waals surface area (Å²) in [6.07, 6.45) is 1.16. The zero-order chi connectivity index (χ0) is 19.4. The molecule has 150 valence electrons. The maximum atomic E-state index is 13.1. The molecule has 1 aromatic carbocycles. The first-order chi connectivity index (χ1) is 12.8. The van der Waals surface area contributed by atoms with Crippen molar-refractivity contribution in [1.82, 2.24) is 4.90 Å². The first kappa shape index (κ1) is 20.2. The van der Waals surface area contributed by atoms with E-state index >= 15 is 0 Å². The van der Waals surface area contributed by atoms with Gasteiger partial charge in [-0.2, -0.15) is 13.2 Å². The summed E-state index contributed by atoms with van der Waals surface area (Å²) in [6.45, 7) is 1.39. The Labute approximate surface area is 158 Å². The molecule has 1 saturated heterocycles. The van der Waals surface area contributed by atoms with Gasteiger partial charge in [0.15, 0.2) is 0 Å². The van der Waals surface area contributed by atoms with Crippen LogP contribution >= 0.6 is 0 Å². The van der Waals surface area contributed by atoms with Crippen molar-refractivity contribution in [3.05, 3.63) is 35.4 Å². The lowest BCUT2D eigenvalue weighted by atomic mass is 9.85. The number of likely N-dealkylation sites (tertiary alicyclic amines) is 1. The molecule has 1 heterocycles. The third kappa shape index (κ3) is 5.24. The van der Waals surface area contributed by atoms with Crippen LogP contribution in [0.4, 0.5) is 13.2 Å². The summed E-state index contributed by atoms with van der Waals surface area (Å²) < 4.78 is 39.4. The Morgan fingerprint density at radius 2 is 1.81 bits per heavy atom. The van der Waals surface area contributed by atoms with Gasteiger partial charge in [0, 0.05) is 19.0 Å². The maximum absolute atomic E-state index is 13.1. The number of aliphatic hydroxyl groups excluding tert-OH is 1. The van der Waals surface area contributed by atoms with E-state index < -0.39 is 11.7 Å². The minimum Gasteiger partial charge on any atom is -0.393 e. The third-order valence-corrected chi connectivity index (χ3v) is 6.02. The van der Waals surface area contributed by atoms with Crippen molar-refractivity contribution in [3.8, 4) is 0 Å². The maximum Gasteiger partial charge on any atom is 0.416 e. The Kier molecular flexibility index (Phi) is 6.45. The highest BCUT2D eigenvalue weighted by Crippen LogP contribution is 2.34. The van der Waals surface area contributed by atoms with Gasteiger partial charge in [0.05, 0.1) is 11.7 Å². The Morgan fingerprint density at radius 3 is 2.52 bits per heavy atom. The predicted molar refractivity (Wildman–Crippen MR) is 97.0 cm³/mol. The van der Waals surface area contributed by atoms with E-state index in [1.54, 1.807) is 12.1 Å². The lowest BCUT2D eigenvalue weighted by Gasteiger charge is -2.36. The highest BCUT2D eigenvalue weighted by Gasteiger charge is 2.34. The molecule has 3 rings (SSSR count). The monoisotopic (exact) mass is 383 g/mol. The van der Waals surface area contributed by atoms with E-state index in [0.717, 1.165) is 38.3 Å². The number of halogens is 3. The molecule has 1 aliphatic heterocycles. The molecule has 0 spiro atoms. The van der Waals surface area contributed by atoms with Gasteiger partial charge in [0.2, 0.25) is 5.91 Å². The Bertz CT molecular complexity index is 639. The summed E-state index contributed by atoms with van der Waals surface area (Å²) in [5, 5.41) is 9.61. The Morgan fingerprint density at radius 1 is 1.11 bits per heavy atom. The van der Waals surface area contributed by atoms with E-state index in [4.69, 9.17) is 0 Å². The van der Waals surface area contributed by atoms with Crippen LogP contribution in [-0.4, -0.2) is 35.1 Å². The average Bonchev–Trinajstić information content (AvgIpc) is 2.66. The summed E-state index contributed by atoms with van der Waals surface area (Å²) in [4.78, 5) is 14.7. The number of piperidine rings is 1. The number of hydrogen-bond donors (Lipinski definition) is 1. The highest BCUT2D eigenvalue weighted by atomic mass is 19.4. The van der Waals surface area contributed by atoms with Gasteiger partial charge in [-0.3, -0.25) is 4.79 Å². The van der Waals surface area contributed by atoms with Gasteiger partial charge in [-0.05, 0) is 68.9 Å². The number of alkyl halides is 3. The van der Waals surface area contributed by atoms with Crippen molar-refractivity contribution in [2.45, 2.75) is 63.6 Å². The van der Waals surface area contributed by atoms with Gasteiger partial charge in [-0.15, -0.1) is 0 Å². The van der Waals surface area contributed by atoms with E-state index in [0.29, 0.717) is 37.8 Å². The smallest absolute Gasteiger partial charge is 0.393 e. The zero-order valence-corrected chi connectivity index (χ0v) is 15.5.